The van der Waals surface area contributed by atoms with Gasteiger partial charge in [-0.2, -0.15) is 0 Å². The minimum Gasteiger partial charge on any atom is -0.508 e. The second-order valence-corrected chi connectivity index (χ2v) is 4.61. The van der Waals surface area contributed by atoms with Crippen LogP contribution in [0.2, 0.25) is 0 Å². The molecule has 1 aromatic rings. The highest BCUT2D eigenvalue weighted by atomic mass is 16.5. The van der Waals surface area contributed by atoms with Crippen molar-refractivity contribution >= 4 is 11.9 Å². The van der Waals surface area contributed by atoms with Crippen molar-refractivity contribution < 1.29 is 24.2 Å². The molecule has 1 N–H and O–H groups in total. The molecular formula is C14H17NO5. The molecule has 0 saturated carbocycles. The number of carbonyl (C=O) groups is 2. The molecule has 6 nitrogen and oxygen atoms in total. The van der Waals surface area contributed by atoms with E-state index in [4.69, 9.17) is 9.47 Å². The minimum atomic E-state index is -0.727. The second kappa shape index (κ2) is 5.92. The monoisotopic (exact) mass is 279 g/mol. The molecule has 1 aliphatic rings. The van der Waals surface area contributed by atoms with E-state index >= 15 is 0 Å². The molecule has 1 aliphatic heterocycles. The lowest BCUT2D eigenvalue weighted by atomic mass is 10.1. The summed E-state index contributed by atoms with van der Waals surface area (Å²) in [6.07, 6.45) is 0. The van der Waals surface area contributed by atoms with E-state index in [0.29, 0.717) is 24.3 Å². The Morgan fingerprint density at radius 2 is 2.20 bits per heavy atom. The van der Waals surface area contributed by atoms with Crippen LogP contribution in [0.1, 0.15) is 15.9 Å². The second-order valence-electron chi connectivity index (χ2n) is 4.61. The van der Waals surface area contributed by atoms with Crippen LogP contribution < -0.4 is 0 Å². The summed E-state index contributed by atoms with van der Waals surface area (Å²) in [4.78, 5) is 25.6. The Bertz CT molecular complexity index is 528. The number of hydrogen-bond donors (Lipinski definition) is 1. The number of phenolic OH excluding ortho intramolecular Hbond substituents is 1. The Kier molecular flexibility index (Phi) is 4.24. The van der Waals surface area contributed by atoms with Gasteiger partial charge in [-0.3, -0.25) is 4.79 Å². The number of aromatic hydroxyl groups is 1. The summed E-state index contributed by atoms with van der Waals surface area (Å²) in [5.41, 5.74) is 1.04. The summed E-state index contributed by atoms with van der Waals surface area (Å²) >= 11 is 0. The van der Waals surface area contributed by atoms with Crippen LogP contribution in [-0.4, -0.2) is 54.8 Å². The summed E-state index contributed by atoms with van der Waals surface area (Å²) in [5.74, 6) is -0.631. The van der Waals surface area contributed by atoms with Crippen LogP contribution in [0, 0.1) is 6.92 Å². The number of rotatable bonds is 2. The third-order valence-corrected chi connectivity index (χ3v) is 3.31. The van der Waals surface area contributed by atoms with Crippen molar-refractivity contribution in [3.63, 3.8) is 0 Å². The molecule has 20 heavy (non-hydrogen) atoms. The van der Waals surface area contributed by atoms with Gasteiger partial charge in [0.1, 0.15) is 5.75 Å². The van der Waals surface area contributed by atoms with Crippen molar-refractivity contribution in [1.82, 2.24) is 4.90 Å². The standard InChI is InChI=1S/C14H17NO5/c1-9-7-10(3-4-12(9)16)13(17)15-5-6-20-8-11(15)14(18)19-2/h3-4,7,11,16H,5-6,8H2,1-2H3. The normalized spacial score (nSPS) is 18.7. The Hall–Kier alpha value is -2.08. The Labute approximate surface area is 116 Å². The smallest absolute Gasteiger partial charge is 0.331 e. The lowest BCUT2D eigenvalue weighted by Gasteiger charge is -2.33. The van der Waals surface area contributed by atoms with Crippen LogP contribution in [-0.2, 0) is 14.3 Å². The number of carbonyl (C=O) groups excluding carboxylic acids is 2. The van der Waals surface area contributed by atoms with Gasteiger partial charge in [0.05, 0.1) is 20.3 Å². The molecule has 2 rings (SSSR count). The Balaban J connectivity index is 2.25. The first-order chi connectivity index (χ1) is 9.54. The molecule has 1 fully saturated rings. The van der Waals surface area contributed by atoms with Crippen molar-refractivity contribution in [2.24, 2.45) is 0 Å². The molecule has 0 bridgehead atoms. The number of methoxy groups -OCH3 is 1. The van der Waals surface area contributed by atoms with E-state index in [-0.39, 0.29) is 18.3 Å². The van der Waals surface area contributed by atoms with Gasteiger partial charge in [0, 0.05) is 12.1 Å². The van der Waals surface area contributed by atoms with Crippen molar-refractivity contribution in [2.45, 2.75) is 13.0 Å². The first kappa shape index (κ1) is 14.3. The number of ether oxygens (including phenoxy) is 2. The van der Waals surface area contributed by atoms with Gasteiger partial charge in [-0.15, -0.1) is 0 Å². The summed E-state index contributed by atoms with van der Waals surface area (Å²) in [5, 5.41) is 9.50. The number of aryl methyl sites for hydroxylation is 1. The quantitative estimate of drug-likeness (QED) is 0.807. The van der Waals surface area contributed by atoms with Crippen LogP contribution in [0.15, 0.2) is 18.2 Å². The molecule has 1 atom stereocenters. The summed E-state index contributed by atoms with van der Waals surface area (Å²) < 4.78 is 9.93. The van der Waals surface area contributed by atoms with E-state index in [1.165, 1.54) is 24.1 Å². The third kappa shape index (κ3) is 2.75. The fourth-order valence-electron chi connectivity index (χ4n) is 2.13. The van der Waals surface area contributed by atoms with E-state index in [0.717, 1.165) is 0 Å². The van der Waals surface area contributed by atoms with E-state index in [1.54, 1.807) is 13.0 Å². The van der Waals surface area contributed by atoms with Crippen molar-refractivity contribution in [3.8, 4) is 5.75 Å². The maximum atomic E-state index is 12.5. The Morgan fingerprint density at radius 3 is 2.85 bits per heavy atom. The van der Waals surface area contributed by atoms with Crippen LogP contribution in [0.3, 0.4) is 0 Å². The number of morpholine rings is 1. The van der Waals surface area contributed by atoms with Crippen LogP contribution >= 0.6 is 0 Å². The molecule has 1 saturated heterocycles. The SMILES string of the molecule is COC(=O)C1COCCN1C(=O)c1ccc(O)c(C)c1. The van der Waals surface area contributed by atoms with E-state index in [2.05, 4.69) is 0 Å². The van der Waals surface area contributed by atoms with Crippen LogP contribution in [0.5, 0.6) is 5.75 Å². The van der Waals surface area contributed by atoms with Gasteiger partial charge in [0.15, 0.2) is 6.04 Å². The van der Waals surface area contributed by atoms with Crippen molar-refractivity contribution in [2.75, 3.05) is 26.9 Å². The molecule has 108 valence electrons. The van der Waals surface area contributed by atoms with Gasteiger partial charge in [-0.25, -0.2) is 4.79 Å². The van der Waals surface area contributed by atoms with Gasteiger partial charge in [-0.05, 0) is 30.7 Å². The molecule has 1 unspecified atom stereocenters. The van der Waals surface area contributed by atoms with Gasteiger partial charge in [-0.1, -0.05) is 0 Å². The highest BCUT2D eigenvalue weighted by Crippen LogP contribution is 2.20. The summed E-state index contributed by atoms with van der Waals surface area (Å²) in [6.45, 7) is 2.56. The maximum Gasteiger partial charge on any atom is 0.331 e. The lowest BCUT2D eigenvalue weighted by molar-refractivity contribution is -0.151. The Morgan fingerprint density at radius 1 is 1.45 bits per heavy atom. The number of hydrogen-bond acceptors (Lipinski definition) is 5. The van der Waals surface area contributed by atoms with Crippen LogP contribution in [0.4, 0.5) is 0 Å². The minimum absolute atomic E-state index is 0.132. The van der Waals surface area contributed by atoms with E-state index in [1.807, 2.05) is 0 Å². The van der Waals surface area contributed by atoms with E-state index in [9.17, 15) is 14.7 Å². The number of benzene rings is 1. The zero-order chi connectivity index (χ0) is 14.7. The van der Waals surface area contributed by atoms with Gasteiger partial charge in [0.25, 0.3) is 5.91 Å². The molecule has 0 radical (unpaired) electrons. The third-order valence-electron chi connectivity index (χ3n) is 3.31. The fraction of sp³-hybridized carbons (Fsp3) is 0.429. The zero-order valence-electron chi connectivity index (χ0n) is 11.5. The number of phenols is 1. The first-order valence-electron chi connectivity index (χ1n) is 6.30. The molecular weight excluding hydrogens is 262 g/mol. The predicted octanol–water partition coefficient (Wildman–Crippen LogP) is 0.715. The molecule has 1 heterocycles. The fourth-order valence-corrected chi connectivity index (χ4v) is 2.13. The first-order valence-corrected chi connectivity index (χ1v) is 6.30. The molecule has 1 aromatic carbocycles. The van der Waals surface area contributed by atoms with Crippen molar-refractivity contribution in [1.29, 1.82) is 0 Å². The zero-order valence-corrected chi connectivity index (χ0v) is 11.5. The number of esters is 1. The molecule has 0 spiro atoms. The summed E-state index contributed by atoms with van der Waals surface area (Å²) in [7, 11) is 1.28. The average molecular weight is 279 g/mol. The number of amides is 1. The van der Waals surface area contributed by atoms with Gasteiger partial charge >= 0.3 is 5.97 Å². The molecule has 0 aromatic heterocycles. The van der Waals surface area contributed by atoms with Gasteiger partial charge in [0.2, 0.25) is 0 Å². The number of nitrogens with zero attached hydrogens (tertiary/aromatic N) is 1. The molecule has 6 heteroatoms. The predicted molar refractivity (Wildman–Crippen MR) is 70.5 cm³/mol. The van der Waals surface area contributed by atoms with E-state index < -0.39 is 12.0 Å². The highest BCUT2D eigenvalue weighted by molar-refractivity contribution is 5.97. The average Bonchev–Trinajstić information content (AvgIpc) is 2.48. The maximum absolute atomic E-state index is 12.5. The van der Waals surface area contributed by atoms with Crippen LogP contribution in [0.25, 0.3) is 0 Å². The largest absolute Gasteiger partial charge is 0.508 e. The molecule has 0 aliphatic carbocycles. The van der Waals surface area contributed by atoms with Gasteiger partial charge < -0.3 is 19.5 Å². The lowest BCUT2D eigenvalue weighted by Crippen LogP contribution is -2.53. The van der Waals surface area contributed by atoms with Crippen molar-refractivity contribution in [3.05, 3.63) is 29.3 Å². The highest BCUT2D eigenvalue weighted by Gasteiger charge is 2.34. The summed E-state index contributed by atoms with van der Waals surface area (Å²) in [6, 6.07) is 3.88. The topological polar surface area (TPSA) is 76.1 Å². The molecule has 1 amide bonds.